The van der Waals surface area contributed by atoms with Gasteiger partial charge in [-0.05, 0) is 30.5 Å². The summed E-state index contributed by atoms with van der Waals surface area (Å²) in [6, 6.07) is 12.7. The SMILES string of the molecule is O=C(c1cccnc1)N1CCC(S(=O)(=O)Cc2ccccc2)CC1. The molecule has 1 fully saturated rings. The van der Waals surface area contributed by atoms with Gasteiger partial charge < -0.3 is 4.90 Å². The largest absolute Gasteiger partial charge is 0.339 e. The minimum Gasteiger partial charge on any atom is -0.339 e. The maximum Gasteiger partial charge on any atom is 0.255 e. The quantitative estimate of drug-likeness (QED) is 0.853. The van der Waals surface area contributed by atoms with E-state index in [0.29, 0.717) is 31.5 Å². The van der Waals surface area contributed by atoms with E-state index in [1.54, 1.807) is 29.4 Å². The highest BCUT2D eigenvalue weighted by Crippen LogP contribution is 2.22. The Kier molecular flexibility index (Phi) is 4.94. The molecule has 24 heavy (non-hydrogen) atoms. The van der Waals surface area contributed by atoms with Gasteiger partial charge in [0.05, 0.1) is 16.6 Å². The summed E-state index contributed by atoms with van der Waals surface area (Å²) in [7, 11) is -3.20. The molecule has 0 atom stereocenters. The van der Waals surface area contributed by atoms with Crippen LogP contribution in [-0.2, 0) is 15.6 Å². The first-order chi connectivity index (χ1) is 11.6. The third-order valence-electron chi connectivity index (χ3n) is 4.36. The van der Waals surface area contributed by atoms with Gasteiger partial charge in [0.2, 0.25) is 0 Å². The molecule has 0 unspecified atom stereocenters. The van der Waals surface area contributed by atoms with Gasteiger partial charge in [-0.2, -0.15) is 0 Å². The Morgan fingerprint density at radius 2 is 1.79 bits per heavy atom. The molecule has 1 saturated heterocycles. The lowest BCUT2D eigenvalue weighted by atomic mass is 10.1. The van der Waals surface area contributed by atoms with E-state index >= 15 is 0 Å². The molecule has 0 N–H and O–H groups in total. The molecule has 0 spiro atoms. The number of aromatic nitrogens is 1. The first kappa shape index (κ1) is 16.6. The van der Waals surface area contributed by atoms with E-state index in [1.807, 2.05) is 30.3 Å². The predicted octanol–water partition coefficient (Wildman–Crippen LogP) is 2.30. The minimum absolute atomic E-state index is 0.0645. The van der Waals surface area contributed by atoms with Crippen molar-refractivity contribution in [3.63, 3.8) is 0 Å². The molecule has 2 aromatic rings. The number of carbonyl (C=O) groups excluding carboxylic acids is 1. The Labute approximate surface area is 142 Å². The summed E-state index contributed by atoms with van der Waals surface area (Å²) in [5.41, 5.74) is 1.36. The lowest BCUT2D eigenvalue weighted by Gasteiger charge is -2.31. The van der Waals surface area contributed by atoms with Crippen LogP contribution in [0.25, 0.3) is 0 Å². The standard InChI is InChI=1S/C18H20N2O3S/c21-18(16-7-4-10-19-13-16)20-11-8-17(9-12-20)24(22,23)14-15-5-2-1-3-6-15/h1-7,10,13,17H,8-9,11-12,14H2. The molecular formula is C18H20N2O3S. The molecule has 5 nitrogen and oxygen atoms in total. The zero-order chi connectivity index (χ0) is 17.0. The average Bonchev–Trinajstić information content (AvgIpc) is 2.62. The van der Waals surface area contributed by atoms with Crippen molar-refractivity contribution in [1.82, 2.24) is 9.88 Å². The first-order valence-corrected chi connectivity index (χ1v) is 9.72. The van der Waals surface area contributed by atoms with Crippen molar-refractivity contribution in [3.05, 3.63) is 66.0 Å². The van der Waals surface area contributed by atoms with Gasteiger partial charge in [0.25, 0.3) is 5.91 Å². The highest BCUT2D eigenvalue weighted by molar-refractivity contribution is 7.91. The molecule has 2 heterocycles. The lowest BCUT2D eigenvalue weighted by molar-refractivity contribution is 0.0725. The molecule has 1 aliphatic rings. The molecule has 1 aliphatic heterocycles. The topological polar surface area (TPSA) is 67.3 Å². The minimum atomic E-state index is -3.20. The molecule has 126 valence electrons. The fraction of sp³-hybridized carbons (Fsp3) is 0.333. The summed E-state index contributed by atoms with van der Waals surface area (Å²) in [6.45, 7) is 0.929. The van der Waals surface area contributed by atoms with Crippen LogP contribution in [0.5, 0.6) is 0 Å². The first-order valence-electron chi connectivity index (χ1n) is 8.01. The predicted molar refractivity (Wildman–Crippen MR) is 92.2 cm³/mol. The number of carbonyl (C=O) groups is 1. The monoisotopic (exact) mass is 344 g/mol. The fourth-order valence-electron chi connectivity index (χ4n) is 3.01. The van der Waals surface area contributed by atoms with Gasteiger partial charge in [-0.25, -0.2) is 8.42 Å². The molecule has 0 saturated carbocycles. The van der Waals surface area contributed by atoms with Gasteiger partial charge in [-0.3, -0.25) is 9.78 Å². The van der Waals surface area contributed by atoms with Crippen LogP contribution >= 0.6 is 0 Å². The molecule has 1 amide bonds. The number of hydrogen-bond donors (Lipinski definition) is 0. The van der Waals surface area contributed by atoms with Crippen molar-refractivity contribution < 1.29 is 13.2 Å². The molecule has 1 aromatic heterocycles. The Morgan fingerprint density at radius 3 is 2.42 bits per heavy atom. The highest BCUT2D eigenvalue weighted by atomic mass is 32.2. The van der Waals surface area contributed by atoms with E-state index in [1.165, 1.54) is 0 Å². The third kappa shape index (κ3) is 3.82. The van der Waals surface area contributed by atoms with E-state index in [9.17, 15) is 13.2 Å². The Balaban J connectivity index is 1.61. The number of sulfone groups is 1. The fourth-order valence-corrected chi connectivity index (χ4v) is 4.84. The molecular weight excluding hydrogens is 324 g/mol. The van der Waals surface area contributed by atoms with Gasteiger partial charge >= 0.3 is 0 Å². The zero-order valence-corrected chi connectivity index (χ0v) is 14.2. The summed E-state index contributed by atoms with van der Waals surface area (Å²) >= 11 is 0. The molecule has 0 radical (unpaired) electrons. The van der Waals surface area contributed by atoms with Gasteiger partial charge in [0.1, 0.15) is 0 Å². The van der Waals surface area contributed by atoms with E-state index in [0.717, 1.165) is 5.56 Å². The van der Waals surface area contributed by atoms with Crippen LogP contribution in [0.15, 0.2) is 54.9 Å². The van der Waals surface area contributed by atoms with Crippen LogP contribution in [-0.4, -0.2) is 42.5 Å². The second-order valence-corrected chi connectivity index (χ2v) is 8.31. The van der Waals surface area contributed by atoms with Crippen molar-refractivity contribution in [2.24, 2.45) is 0 Å². The summed E-state index contributed by atoms with van der Waals surface area (Å²) in [6.07, 6.45) is 4.14. The lowest BCUT2D eigenvalue weighted by Crippen LogP contribution is -2.42. The zero-order valence-electron chi connectivity index (χ0n) is 13.3. The van der Waals surface area contributed by atoms with Crippen LogP contribution in [0, 0.1) is 0 Å². The molecule has 0 aliphatic carbocycles. The summed E-state index contributed by atoms with van der Waals surface area (Å²) in [5, 5.41) is -0.379. The molecule has 1 aromatic carbocycles. The molecule has 6 heteroatoms. The van der Waals surface area contributed by atoms with E-state index < -0.39 is 9.84 Å². The maximum absolute atomic E-state index is 12.6. The smallest absolute Gasteiger partial charge is 0.255 e. The Hall–Kier alpha value is -2.21. The van der Waals surface area contributed by atoms with Gasteiger partial charge in [-0.15, -0.1) is 0 Å². The second kappa shape index (κ2) is 7.13. The van der Waals surface area contributed by atoms with Crippen LogP contribution in [0.3, 0.4) is 0 Å². The number of likely N-dealkylation sites (tertiary alicyclic amines) is 1. The maximum atomic E-state index is 12.6. The summed E-state index contributed by atoms with van der Waals surface area (Å²) < 4.78 is 25.2. The van der Waals surface area contributed by atoms with Crippen LogP contribution < -0.4 is 0 Å². The van der Waals surface area contributed by atoms with Crippen molar-refractivity contribution in [2.45, 2.75) is 23.8 Å². The molecule has 3 rings (SSSR count). The number of benzene rings is 1. The summed E-state index contributed by atoms with van der Waals surface area (Å²) in [5.74, 6) is -0.0169. The third-order valence-corrected chi connectivity index (χ3v) is 6.58. The van der Waals surface area contributed by atoms with Crippen molar-refractivity contribution in [1.29, 1.82) is 0 Å². The van der Waals surface area contributed by atoms with Crippen molar-refractivity contribution in [3.8, 4) is 0 Å². The van der Waals surface area contributed by atoms with Crippen molar-refractivity contribution >= 4 is 15.7 Å². The number of nitrogens with zero attached hydrogens (tertiary/aromatic N) is 2. The number of amides is 1. The van der Waals surface area contributed by atoms with Crippen LogP contribution in [0.4, 0.5) is 0 Å². The van der Waals surface area contributed by atoms with Crippen LogP contribution in [0.1, 0.15) is 28.8 Å². The van der Waals surface area contributed by atoms with Gasteiger partial charge in [0, 0.05) is 25.5 Å². The number of piperidine rings is 1. The number of pyridine rings is 1. The Bertz CT molecular complexity index is 784. The van der Waals surface area contributed by atoms with E-state index in [4.69, 9.17) is 0 Å². The highest BCUT2D eigenvalue weighted by Gasteiger charge is 2.31. The Morgan fingerprint density at radius 1 is 1.08 bits per heavy atom. The normalized spacial score (nSPS) is 16.1. The average molecular weight is 344 g/mol. The number of rotatable bonds is 4. The van der Waals surface area contributed by atoms with Gasteiger partial charge in [0.15, 0.2) is 9.84 Å². The van der Waals surface area contributed by atoms with E-state index in [-0.39, 0.29) is 16.9 Å². The number of hydrogen-bond acceptors (Lipinski definition) is 4. The molecule has 0 bridgehead atoms. The van der Waals surface area contributed by atoms with Gasteiger partial charge in [-0.1, -0.05) is 30.3 Å². The second-order valence-electron chi connectivity index (χ2n) is 6.03. The van der Waals surface area contributed by atoms with Crippen LogP contribution in [0.2, 0.25) is 0 Å². The van der Waals surface area contributed by atoms with Crippen molar-refractivity contribution in [2.75, 3.05) is 13.1 Å². The van der Waals surface area contributed by atoms with E-state index in [2.05, 4.69) is 4.98 Å². The summed E-state index contributed by atoms with van der Waals surface area (Å²) in [4.78, 5) is 18.1.